The van der Waals surface area contributed by atoms with Gasteiger partial charge < -0.3 is 0 Å². The number of terminal acetylenes is 1. The van der Waals surface area contributed by atoms with E-state index in [1.807, 2.05) is 30.3 Å². The molecule has 0 fully saturated rings. The van der Waals surface area contributed by atoms with Crippen LogP contribution in [0.1, 0.15) is 5.56 Å². The summed E-state index contributed by atoms with van der Waals surface area (Å²) in [6.45, 7) is 4.18. The Morgan fingerprint density at radius 1 is 1.37 bits per heavy atom. The zero-order valence-corrected chi connectivity index (χ0v) is 11.8. The molecule has 0 aliphatic carbocycles. The third-order valence-corrected chi connectivity index (χ3v) is 4.42. The fourth-order valence-electron chi connectivity index (χ4n) is 1.58. The van der Waals surface area contributed by atoms with Crippen LogP contribution in [0.5, 0.6) is 0 Å². The monoisotopic (exact) mass is 278 g/mol. The van der Waals surface area contributed by atoms with Gasteiger partial charge in [-0.2, -0.15) is 17.0 Å². The van der Waals surface area contributed by atoms with Crippen molar-refractivity contribution in [3.05, 3.63) is 48.6 Å². The van der Waals surface area contributed by atoms with Gasteiger partial charge in [-0.1, -0.05) is 42.3 Å². The maximum absolute atomic E-state index is 12.3. The highest BCUT2D eigenvalue weighted by molar-refractivity contribution is 7.86. The fourth-order valence-corrected chi connectivity index (χ4v) is 2.82. The SMILES string of the molecule is C#CCN(C)S(=O)(=O)N(CC=C)Cc1ccccc1. The number of rotatable bonds is 7. The maximum atomic E-state index is 12.3. The topological polar surface area (TPSA) is 40.6 Å². The third-order valence-electron chi connectivity index (χ3n) is 2.57. The lowest BCUT2D eigenvalue weighted by Gasteiger charge is -2.25. The Morgan fingerprint density at radius 3 is 2.53 bits per heavy atom. The van der Waals surface area contributed by atoms with Gasteiger partial charge in [0.1, 0.15) is 0 Å². The molecular weight excluding hydrogens is 260 g/mol. The van der Waals surface area contributed by atoms with Crippen molar-refractivity contribution in [3.8, 4) is 12.3 Å². The predicted molar refractivity (Wildman–Crippen MR) is 77.4 cm³/mol. The molecule has 0 aromatic heterocycles. The van der Waals surface area contributed by atoms with Crippen LogP contribution in [-0.4, -0.2) is 37.2 Å². The second kappa shape index (κ2) is 7.10. The van der Waals surface area contributed by atoms with E-state index in [1.54, 1.807) is 6.08 Å². The van der Waals surface area contributed by atoms with E-state index in [4.69, 9.17) is 6.42 Å². The second-order valence-electron chi connectivity index (χ2n) is 4.03. The lowest BCUT2D eigenvalue weighted by atomic mass is 10.2. The van der Waals surface area contributed by atoms with Gasteiger partial charge in [-0.3, -0.25) is 0 Å². The number of hydrogen-bond donors (Lipinski definition) is 0. The zero-order chi connectivity index (χ0) is 14.3. The summed E-state index contributed by atoms with van der Waals surface area (Å²) in [6, 6.07) is 9.40. The molecule has 0 amide bonds. The van der Waals surface area contributed by atoms with E-state index < -0.39 is 10.2 Å². The average molecular weight is 278 g/mol. The summed E-state index contributed by atoms with van der Waals surface area (Å²) >= 11 is 0. The minimum Gasteiger partial charge on any atom is -0.195 e. The molecular formula is C14H18N2O2S. The quantitative estimate of drug-likeness (QED) is 0.560. The van der Waals surface area contributed by atoms with Crippen LogP contribution in [0.2, 0.25) is 0 Å². The Hall–Kier alpha value is -1.61. The lowest BCUT2D eigenvalue weighted by Crippen LogP contribution is -2.41. The molecule has 4 nitrogen and oxygen atoms in total. The highest BCUT2D eigenvalue weighted by Crippen LogP contribution is 2.12. The molecule has 0 saturated heterocycles. The van der Waals surface area contributed by atoms with Crippen LogP contribution in [0, 0.1) is 12.3 Å². The normalized spacial score (nSPS) is 11.5. The summed E-state index contributed by atoms with van der Waals surface area (Å²) in [7, 11) is -2.10. The Balaban J connectivity index is 2.94. The van der Waals surface area contributed by atoms with Crippen molar-refractivity contribution < 1.29 is 8.42 Å². The first kappa shape index (κ1) is 15.4. The number of benzene rings is 1. The molecule has 102 valence electrons. The first-order valence-electron chi connectivity index (χ1n) is 5.82. The van der Waals surface area contributed by atoms with Gasteiger partial charge in [-0.15, -0.1) is 13.0 Å². The van der Waals surface area contributed by atoms with Crippen molar-refractivity contribution in [2.45, 2.75) is 6.54 Å². The first-order chi connectivity index (χ1) is 9.02. The minimum absolute atomic E-state index is 0.0464. The van der Waals surface area contributed by atoms with Crippen molar-refractivity contribution >= 4 is 10.2 Å². The van der Waals surface area contributed by atoms with E-state index in [9.17, 15) is 8.42 Å². The van der Waals surface area contributed by atoms with Gasteiger partial charge in [0.2, 0.25) is 0 Å². The lowest BCUT2D eigenvalue weighted by molar-refractivity contribution is 0.386. The molecule has 0 saturated carbocycles. The van der Waals surface area contributed by atoms with E-state index >= 15 is 0 Å². The first-order valence-corrected chi connectivity index (χ1v) is 7.21. The fraction of sp³-hybridized carbons (Fsp3) is 0.286. The summed E-state index contributed by atoms with van der Waals surface area (Å²) in [6.07, 6.45) is 6.72. The van der Waals surface area contributed by atoms with Crippen LogP contribution >= 0.6 is 0 Å². The molecule has 0 atom stereocenters. The zero-order valence-electron chi connectivity index (χ0n) is 11.0. The largest absolute Gasteiger partial charge is 0.283 e. The summed E-state index contributed by atoms with van der Waals surface area (Å²) in [5, 5.41) is 0. The molecule has 0 radical (unpaired) electrons. The van der Waals surface area contributed by atoms with Crippen molar-refractivity contribution in [1.82, 2.24) is 8.61 Å². The molecule has 0 aliphatic rings. The average Bonchev–Trinajstić information content (AvgIpc) is 2.39. The van der Waals surface area contributed by atoms with Crippen LogP contribution in [0.15, 0.2) is 43.0 Å². The Labute approximate surface area is 115 Å². The van der Waals surface area contributed by atoms with Gasteiger partial charge in [0, 0.05) is 20.1 Å². The summed E-state index contributed by atoms with van der Waals surface area (Å²) in [5.41, 5.74) is 0.919. The van der Waals surface area contributed by atoms with Gasteiger partial charge >= 0.3 is 0 Å². The van der Waals surface area contributed by atoms with E-state index in [0.717, 1.165) is 9.87 Å². The molecule has 1 aromatic carbocycles. The van der Waals surface area contributed by atoms with Gasteiger partial charge in [0.15, 0.2) is 0 Å². The highest BCUT2D eigenvalue weighted by atomic mass is 32.2. The number of hydrogen-bond acceptors (Lipinski definition) is 2. The second-order valence-corrected chi connectivity index (χ2v) is 6.07. The molecule has 19 heavy (non-hydrogen) atoms. The van der Waals surface area contributed by atoms with Crippen LogP contribution in [0.3, 0.4) is 0 Å². The van der Waals surface area contributed by atoms with E-state index in [0.29, 0.717) is 6.54 Å². The van der Waals surface area contributed by atoms with Crippen LogP contribution in [-0.2, 0) is 16.8 Å². The van der Waals surface area contributed by atoms with Crippen molar-refractivity contribution in [2.24, 2.45) is 0 Å². The molecule has 5 heteroatoms. The van der Waals surface area contributed by atoms with Crippen molar-refractivity contribution in [2.75, 3.05) is 20.1 Å². The van der Waals surface area contributed by atoms with E-state index in [2.05, 4.69) is 12.5 Å². The Bertz CT molecular complexity index is 547. The van der Waals surface area contributed by atoms with Gasteiger partial charge in [0.25, 0.3) is 10.2 Å². The van der Waals surface area contributed by atoms with Crippen LogP contribution < -0.4 is 0 Å². The standard InChI is InChI=1S/C14H18N2O2S/c1-4-11-15(3)19(17,18)16(12-5-2)13-14-9-7-6-8-10-14/h1,5-10H,2,11-13H2,3H3. The Kier molecular flexibility index (Phi) is 5.77. The molecule has 0 N–H and O–H groups in total. The molecule has 0 aliphatic heterocycles. The smallest absolute Gasteiger partial charge is 0.195 e. The molecule has 0 spiro atoms. The van der Waals surface area contributed by atoms with E-state index in [-0.39, 0.29) is 13.1 Å². The van der Waals surface area contributed by atoms with Gasteiger partial charge in [0.05, 0.1) is 6.54 Å². The number of nitrogens with zero attached hydrogens (tertiary/aromatic N) is 2. The molecule has 1 rings (SSSR count). The summed E-state index contributed by atoms with van der Waals surface area (Å²) in [5.74, 6) is 2.33. The molecule has 0 bridgehead atoms. The summed E-state index contributed by atoms with van der Waals surface area (Å²) in [4.78, 5) is 0. The highest BCUT2D eigenvalue weighted by Gasteiger charge is 2.25. The van der Waals surface area contributed by atoms with Gasteiger partial charge in [-0.05, 0) is 5.56 Å². The Morgan fingerprint density at radius 2 is 2.00 bits per heavy atom. The maximum Gasteiger partial charge on any atom is 0.283 e. The van der Waals surface area contributed by atoms with Gasteiger partial charge in [-0.25, -0.2) is 0 Å². The van der Waals surface area contributed by atoms with Crippen LogP contribution in [0.25, 0.3) is 0 Å². The third kappa shape index (κ3) is 4.21. The predicted octanol–water partition coefficient (Wildman–Crippen LogP) is 1.48. The minimum atomic E-state index is -3.57. The molecule has 0 unspecified atom stereocenters. The van der Waals surface area contributed by atoms with Crippen LogP contribution in [0.4, 0.5) is 0 Å². The van der Waals surface area contributed by atoms with Crippen molar-refractivity contribution in [3.63, 3.8) is 0 Å². The summed E-state index contributed by atoms with van der Waals surface area (Å²) < 4.78 is 27.1. The molecule has 1 aromatic rings. The van der Waals surface area contributed by atoms with Crippen molar-refractivity contribution in [1.29, 1.82) is 0 Å². The molecule has 0 heterocycles. The van der Waals surface area contributed by atoms with E-state index in [1.165, 1.54) is 11.4 Å².